The lowest BCUT2D eigenvalue weighted by atomic mass is 9.76. The summed E-state index contributed by atoms with van der Waals surface area (Å²) >= 11 is 0. The Morgan fingerprint density at radius 2 is 1.09 bits per heavy atom. The van der Waals surface area contributed by atoms with Crippen molar-refractivity contribution in [1.29, 1.82) is 0 Å². The van der Waals surface area contributed by atoms with Crippen LogP contribution in [0, 0.1) is 0 Å². The number of hydrogen-bond donors (Lipinski definition) is 3. The molecule has 0 spiro atoms. The molecule has 0 aliphatic heterocycles. The molecule has 0 saturated heterocycles. The monoisotopic (exact) mass is 448 g/mol. The van der Waals surface area contributed by atoms with Crippen LogP contribution in [0.4, 0.5) is 0 Å². The fourth-order valence-electron chi connectivity index (χ4n) is 3.93. The summed E-state index contributed by atoms with van der Waals surface area (Å²) in [5, 5.41) is 22.4. The van der Waals surface area contributed by atoms with Crippen LogP contribution in [0.3, 0.4) is 0 Å². The van der Waals surface area contributed by atoms with Crippen molar-refractivity contribution >= 4 is 5.97 Å². The minimum absolute atomic E-state index is 0.510. The lowest BCUT2D eigenvalue weighted by molar-refractivity contribution is -0.141. The molecule has 33 heavy (non-hydrogen) atoms. The fourth-order valence-corrected chi connectivity index (χ4v) is 3.93. The zero-order valence-corrected chi connectivity index (χ0v) is 19.8. The van der Waals surface area contributed by atoms with Gasteiger partial charge in [-0.15, -0.1) is 0 Å². The molecule has 0 bridgehead atoms. The van der Waals surface area contributed by atoms with Crippen molar-refractivity contribution < 1.29 is 15.0 Å². The number of hydrogen-bond acceptors (Lipinski definition) is 4. The number of aliphatic hydroxyl groups excluding tert-OH is 1. The molecule has 3 aromatic carbocycles. The van der Waals surface area contributed by atoms with Crippen LogP contribution in [0.25, 0.3) is 0 Å². The molecule has 3 rings (SSSR count). The van der Waals surface area contributed by atoms with Crippen molar-refractivity contribution in [1.82, 2.24) is 10.2 Å². The van der Waals surface area contributed by atoms with Gasteiger partial charge in [0, 0.05) is 0 Å². The van der Waals surface area contributed by atoms with E-state index in [2.05, 4.69) is 31.0 Å². The number of benzene rings is 3. The molecule has 176 valence electrons. The molecule has 0 aliphatic carbocycles. The van der Waals surface area contributed by atoms with E-state index in [1.807, 2.05) is 91.0 Å². The summed E-state index contributed by atoms with van der Waals surface area (Å²) in [5.74, 6) is -1.10. The van der Waals surface area contributed by atoms with Gasteiger partial charge in [0.05, 0.1) is 12.1 Å². The quantitative estimate of drug-likeness (QED) is 0.402. The van der Waals surface area contributed by atoms with Crippen molar-refractivity contribution in [2.45, 2.75) is 32.4 Å². The van der Waals surface area contributed by atoms with Crippen molar-refractivity contribution in [3.05, 3.63) is 108 Å². The van der Waals surface area contributed by atoms with Gasteiger partial charge in [0.2, 0.25) is 0 Å². The van der Waals surface area contributed by atoms with Crippen LogP contribution < -0.4 is 5.32 Å². The Kier molecular flexibility index (Phi) is 10.8. The van der Waals surface area contributed by atoms with Crippen molar-refractivity contribution in [3.8, 4) is 0 Å². The van der Waals surface area contributed by atoms with E-state index in [0.29, 0.717) is 0 Å². The number of carboxylic acids is 1. The van der Waals surface area contributed by atoms with Gasteiger partial charge in [-0.25, -0.2) is 0 Å². The van der Waals surface area contributed by atoms with Gasteiger partial charge in [-0.2, -0.15) is 0 Å². The van der Waals surface area contributed by atoms with Crippen LogP contribution in [-0.4, -0.2) is 53.4 Å². The molecule has 0 aromatic heterocycles. The topological polar surface area (TPSA) is 72.8 Å². The minimum atomic E-state index is -1.12. The van der Waals surface area contributed by atoms with Gasteiger partial charge >= 0.3 is 5.97 Å². The Labute approximate surface area is 197 Å². The zero-order chi connectivity index (χ0) is 24.1. The van der Waals surface area contributed by atoms with E-state index in [1.165, 1.54) is 19.6 Å². The molecule has 0 radical (unpaired) electrons. The second kappa shape index (κ2) is 13.5. The molecule has 3 aromatic rings. The number of aliphatic carboxylic acids is 1. The van der Waals surface area contributed by atoms with Crippen molar-refractivity contribution in [2.75, 3.05) is 26.2 Å². The van der Waals surface area contributed by atoms with Gasteiger partial charge in [0.1, 0.15) is 6.04 Å². The molecule has 5 heteroatoms. The van der Waals surface area contributed by atoms with E-state index in [1.54, 1.807) is 0 Å². The third-order valence-corrected chi connectivity index (χ3v) is 5.83. The zero-order valence-electron chi connectivity index (χ0n) is 19.8. The van der Waals surface area contributed by atoms with Crippen LogP contribution in [0.5, 0.6) is 0 Å². The van der Waals surface area contributed by atoms with E-state index in [0.717, 1.165) is 16.7 Å². The maximum absolute atomic E-state index is 11.7. The summed E-state index contributed by atoms with van der Waals surface area (Å²) in [6, 6.07) is 28.0. The Morgan fingerprint density at radius 1 is 0.758 bits per heavy atom. The summed E-state index contributed by atoms with van der Waals surface area (Å²) in [7, 11) is 0. The predicted molar refractivity (Wildman–Crippen MR) is 134 cm³/mol. The number of nitrogens with one attached hydrogen (secondary N) is 1. The molecule has 0 saturated carbocycles. The number of nitrogens with zero attached hydrogens (tertiary/aromatic N) is 1. The van der Waals surface area contributed by atoms with Crippen LogP contribution in [0.2, 0.25) is 0 Å². The van der Waals surface area contributed by atoms with E-state index in [-0.39, 0.29) is 0 Å². The number of carbonyl (C=O) groups is 1. The first-order valence-corrected chi connectivity index (χ1v) is 11.5. The highest BCUT2D eigenvalue weighted by Crippen LogP contribution is 2.37. The molecular formula is C28H36N2O3. The molecule has 1 atom stereocenters. The second-order valence-electron chi connectivity index (χ2n) is 7.69. The largest absolute Gasteiger partial charge is 0.480 e. The van der Waals surface area contributed by atoms with Gasteiger partial charge in [-0.05, 0) is 36.3 Å². The van der Waals surface area contributed by atoms with Crippen LogP contribution in [0.15, 0.2) is 91.0 Å². The van der Waals surface area contributed by atoms with Gasteiger partial charge in [-0.3, -0.25) is 10.1 Å². The lowest BCUT2D eigenvalue weighted by Crippen LogP contribution is -2.54. The molecule has 0 aliphatic rings. The molecule has 0 heterocycles. The summed E-state index contributed by atoms with van der Waals surface area (Å²) < 4.78 is 0. The summed E-state index contributed by atoms with van der Waals surface area (Å²) in [6.45, 7) is 9.61. The lowest BCUT2D eigenvalue weighted by Gasteiger charge is -2.38. The minimum Gasteiger partial charge on any atom is -0.480 e. The van der Waals surface area contributed by atoms with Crippen molar-refractivity contribution in [3.63, 3.8) is 0 Å². The Hall–Kier alpha value is -2.99. The first-order chi connectivity index (χ1) is 16.0. The summed E-state index contributed by atoms with van der Waals surface area (Å²) in [5.41, 5.74) is 1.79. The molecule has 0 amide bonds. The average molecular weight is 449 g/mol. The fraction of sp³-hybridized carbons (Fsp3) is 0.321. The summed E-state index contributed by atoms with van der Waals surface area (Å²) in [6.07, 6.45) is 0. The average Bonchev–Trinajstić information content (AvgIpc) is 2.88. The van der Waals surface area contributed by atoms with Gasteiger partial charge in [0.25, 0.3) is 0 Å². The maximum atomic E-state index is 11.7. The number of rotatable bonds is 10. The maximum Gasteiger partial charge on any atom is 0.323 e. The van der Waals surface area contributed by atoms with Crippen LogP contribution in [-0.2, 0) is 10.3 Å². The number of aliphatic hydroxyl groups is 1. The van der Waals surface area contributed by atoms with Crippen LogP contribution >= 0.6 is 0 Å². The molecule has 0 fully saturated rings. The van der Waals surface area contributed by atoms with E-state index < -0.39 is 24.2 Å². The molecular weight excluding hydrogens is 412 g/mol. The smallest absolute Gasteiger partial charge is 0.323 e. The highest BCUT2D eigenvalue weighted by molar-refractivity contribution is 5.74. The standard InChI is InChI=1S/C22H21NO3.C6H15N/c24-16-20(21(25)26)23-22(17-10-4-1-5-11-17,18-12-6-2-7-13-18)19-14-8-3-9-15-19;1-4-7(5-2)6-3/h1-15,20,23-24H,16H2,(H,25,26);4-6H2,1-3H3. The second-order valence-corrected chi connectivity index (χ2v) is 7.69. The Morgan fingerprint density at radius 3 is 1.30 bits per heavy atom. The van der Waals surface area contributed by atoms with E-state index >= 15 is 0 Å². The van der Waals surface area contributed by atoms with Gasteiger partial charge < -0.3 is 15.1 Å². The first-order valence-electron chi connectivity index (χ1n) is 11.5. The van der Waals surface area contributed by atoms with E-state index in [9.17, 15) is 15.0 Å². The third kappa shape index (κ3) is 6.75. The highest BCUT2D eigenvalue weighted by atomic mass is 16.4. The highest BCUT2D eigenvalue weighted by Gasteiger charge is 2.39. The Balaban J connectivity index is 0.000000479. The van der Waals surface area contributed by atoms with Crippen LogP contribution in [0.1, 0.15) is 37.5 Å². The molecule has 5 nitrogen and oxygen atoms in total. The first kappa shape index (κ1) is 26.3. The van der Waals surface area contributed by atoms with E-state index in [4.69, 9.17) is 0 Å². The predicted octanol–water partition coefficient (Wildman–Crippen LogP) is 4.36. The SMILES string of the molecule is CCN(CC)CC.O=C(O)C(CO)NC(c1ccccc1)(c1ccccc1)c1ccccc1. The normalized spacial score (nSPS) is 12.0. The van der Waals surface area contributed by atoms with Gasteiger partial charge in [-0.1, -0.05) is 112 Å². The third-order valence-electron chi connectivity index (χ3n) is 5.83. The number of carboxylic acid groups (broad SMARTS) is 1. The molecule has 1 unspecified atom stereocenters. The van der Waals surface area contributed by atoms with Gasteiger partial charge in [0.15, 0.2) is 0 Å². The Bertz CT molecular complexity index is 827. The molecule has 3 N–H and O–H groups in total. The summed E-state index contributed by atoms with van der Waals surface area (Å²) in [4.78, 5) is 14.1. The van der Waals surface area contributed by atoms with Crippen molar-refractivity contribution in [2.24, 2.45) is 0 Å².